The van der Waals surface area contributed by atoms with Crippen molar-refractivity contribution in [1.29, 1.82) is 0 Å². The van der Waals surface area contributed by atoms with Crippen LogP contribution in [0.25, 0.3) is 5.65 Å². The average molecular weight is 244 g/mol. The molecular formula is C14H20N4. The molecule has 0 aromatic carbocycles. The molecule has 4 nitrogen and oxygen atoms in total. The monoisotopic (exact) mass is 244 g/mol. The van der Waals surface area contributed by atoms with Gasteiger partial charge in [0.25, 0.3) is 0 Å². The summed E-state index contributed by atoms with van der Waals surface area (Å²) < 4.78 is 2.12. The van der Waals surface area contributed by atoms with E-state index in [0.29, 0.717) is 6.04 Å². The van der Waals surface area contributed by atoms with Crippen LogP contribution in [0.1, 0.15) is 17.7 Å². The van der Waals surface area contributed by atoms with Gasteiger partial charge in [-0.3, -0.25) is 4.90 Å². The van der Waals surface area contributed by atoms with E-state index in [0.717, 1.165) is 24.4 Å². The van der Waals surface area contributed by atoms with E-state index in [-0.39, 0.29) is 0 Å². The Kier molecular flexibility index (Phi) is 3.06. The largest absolute Gasteiger partial charge is 0.316 e. The molecule has 1 aliphatic rings. The zero-order valence-electron chi connectivity index (χ0n) is 11.1. The maximum Gasteiger partial charge on any atom is 0.137 e. The molecule has 0 bridgehead atoms. The van der Waals surface area contributed by atoms with Gasteiger partial charge in [0.1, 0.15) is 5.65 Å². The lowest BCUT2D eigenvalue weighted by Gasteiger charge is -2.13. The number of hydrogen-bond donors (Lipinski definition) is 1. The van der Waals surface area contributed by atoms with Crippen LogP contribution in [0.4, 0.5) is 0 Å². The molecule has 0 amide bonds. The summed E-state index contributed by atoms with van der Waals surface area (Å²) in [6.07, 6.45) is 5.52. The van der Waals surface area contributed by atoms with Gasteiger partial charge in [-0.2, -0.15) is 0 Å². The fourth-order valence-electron chi connectivity index (χ4n) is 2.67. The van der Waals surface area contributed by atoms with Crippen LogP contribution in [0.15, 0.2) is 24.5 Å². The topological polar surface area (TPSA) is 32.6 Å². The lowest BCUT2D eigenvalue weighted by molar-refractivity contribution is 0.319. The van der Waals surface area contributed by atoms with Crippen molar-refractivity contribution in [1.82, 2.24) is 19.6 Å². The van der Waals surface area contributed by atoms with Crippen molar-refractivity contribution in [2.75, 3.05) is 20.1 Å². The van der Waals surface area contributed by atoms with Crippen molar-refractivity contribution >= 4 is 5.65 Å². The lowest BCUT2D eigenvalue weighted by Crippen LogP contribution is -2.29. The molecule has 1 saturated heterocycles. The van der Waals surface area contributed by atoms with Gasteiger partial charge in [-0.25, -0.2) is 4.98 Å². The molecule has 1 fully saturated rings. The van der Waals surface area contributed by atoms with Gasteiger partial charge in [-0.05, 0) is 32.0 Å². The van der Waals surface area contributed by atoms with Crippen molar-refractivity contribution < 1.29 is 0 Å². The van der Waals surface area contributed by atoms with E-state index in [1.807, 2.05) is 7.05 Å². The highest BCUT2D eigenvalue weighted by atomic mass is 15.2. The molecule has 2 aromatic rings. The summed E-state index contributed by atoms with van der Waals surface area (Å²) in [4.78, 5) is 7.14. The first-order chi connectivity index (χ1) is 8.74. The molecule has 1 aliphatic heterocycles. The Morgan fingerprint density at radius 1 is 1.39 bits per heavy atom. The average Bonchev–Trinajstić information content (AvgIpc) is 2.95. The predicted octanol–water partition coefficient (Wildman–Crippen LogP) is 1.44. The number of likely N-dealkylation sites (tertiary alicyclic amines) is 1. The molecule has 3 heterocycles. The third-order valence-electron chi connectivity index (χ3n) is 3.72. The number of nitrogens with zero attached hydrogens (tertiary/aromatic N) is 3. The first kappa shape index (κ1) is 11.7. The number of hydrogen-bond acceptors (Lipinski definition) is 3. The normalized spacial score (nSPS) is 20.9. The highest BCUT2D eigenvalue weighted by Gasteiger charge is 2.21. The number of fused-ring (bicyclic) bond motifs is 1. The van der Waals surface area contributed by atoms with E-state index in [9.17, 15) is 0 Å². The summed E-state index contributed by atoms with van der Waals surface area (Å²) in [6, 6.07) is 4.84. The standard InChI is InChI=1S/C14H20N4/c1-11-3-4-14-16-13(10-18(14)7-11)9-17-6-5-12(8-17)15-2/h3-4,7,10,12,15H,5-6,8-9H2,1-2H3. The van der Waals surface area contributed by atoms with Crippen molar-refractivity contribution in [3.63, 3.8) is 0 Å². The van der Waals surface area contributed by atoms with Gasteiger partial charge >= 0.3 is 0 Å². The van der Waals surface area contributed by atoms with E-state index in [1.54, 1.807) is 0 Å². The third-order valence-corrected chi connectivity index (χ3v) is 3.72. The van der Waals surface area contributed by atoms with Crippen LogP contribution in [0.5, 0.6) is 0 Å². The van der Waals surface area contributed by atoms with Gasteiger partial charge in [-0.1, -0.05) is 6.07 Å². The molecule has 1 atom stereocenters. The molecule has 1 unspecified atom stereocenters. The molecule has 1 N–H and O–H groups in total. The van der Waals surface area contributed by atoms with E-state index in [1.165, 1.54) is 18.5 Å². The van der Waals surface area contributed by atoms with Crippen molar-refractivity contribution in [2.45, 2.75) is 25.9 Å². The summed E-state index contributed by atoms with van der Waals surface area (Å²) >= 11 is 0. The van der Waals surface area contributed by atoms with E-state index < -0.39 is 0 Å². The summed E-state index contributed by atoms with van der Waals surface area (Å²) in [5, 5.41) is 3.35. The molecule has 96 valence electrons. The minimum absolute atomic E-state index is 0.643. The number of pyridine rings is 1. The second kappa shape index (κ2) is 4.71. The smallest absolute Gasteiger partial charge is 0.137 e. The Morgan fingerprint density at radius 2 is 2.28 bits per heavy atom. The number of imidazole rings is 1. The fourth-order valence-corrected chi connectivity index (χ4v) is 2.67. The van der Waals surface area contributed by atoms with Crippen molar-refractivity contribution in [2.24, 2.45) is 0 Å². The van der Waals surface area contributed by atoms with Crippen LogP contribution < -0.4 is 5.32 Å². The Morgan fingerprint density at radius 3 is 3.06 bits per heavy atom. The molecule has 4 heteroatoms. The molecule has 0 radical (unpaired) electrons. The van der Waals surface area contributed by atoms with Gasteiger partial charge in [0, 0.05) is 38.1 Å². The van der Waals surface area contributed by atoms with Crippen LogP contribution in [0.2, 0.25) is 0 Å². The van der Waals surface area contributed by atoms with Crippen molar-refractivity contribution in [3.8, 4) is 0 Å². The summed E-state index contributed by atoms with van der Waals surface area (Å²) in [6.45, 7) is 5.36. The summed E-state index contributed by atoms with van der Waals surface area (Å²) in [7, 11) is 2.04. The van der Waals surface area contributed by atoms with E-state index in [2.05, 4.69) is 51.1 Å². The first-order valence-electron chi connectivity index (χ1n) is 6.58. The molecule has 18 heavy (non-hydrogen) atoms. The zero-order valence-corrected chi connectivity index (χ0v) is 11.1. The van der Waals surface area contributed by atoms with Gasteiger partial charge in [0.05, 0.1) is 5.69 Å². The van der Waals surface area contributed by atoms with Crippen LogP contribution in [0, 0.1) is 6.92 Å². The number of nitrogens with one attached hydrogen (secondary N) is 1. The summed E-state index contributed by atoms with van der Waals surface area (Å²) in [5.41, 5.74) is 3.47. The Hall–Kier alpha value is -1.39. The van der Waals surface area contributed by atoms with Gasteiger partial charge in [0.2, 0.25) is 0 Å². The highest BCUT2D eigenvalue weighted by molar-refractivity contribution is 5.41. The molecule has 2 aromatic heterocycles. The Balaban J connectivity index is 1.75. The number of aromatic nitrogens is 2. The third kappa shape index (κ3) is 2.26. The van der Waals surface area contributed by atoms with Gasteiger partial charge in [0.15, 0.2) is 0 Å². The fraction of sp³-hybridized carbons (Fsp3) is 0.500. The van der Waals surface area contributed by atoms with Gasteiger partial charge < -0.3 is 9.72 Å². The highest BCUT2D eigenvalue weighted by Crippen LogP contribution is 2.14. The number of likely N-dealkylation sites (N-methyl/N-ethyl adjacent to an activating group) is 1. The second-order valence-electron chi connectivity index (χ2n) is 5.21. The second-order valence-corrected chi connectivity index (χ2v) is 5.21. The van der Waals surface area contributed by atoms with Crippen LogP contribution in [0.3, 0.4) is 0 Å². The SMILES string of the molecule is CNC1CCN(Cc2cn3cc(C)ccc3n2)C1. The predicted molar refractivity (Wildman–Crippen MR) is 72.7 cm³/mol. The number of rotatable bonds is 3. The first-order valence-corrected chi connectivity index (χ1v) is 6.58. The molecule has 0 aliphatic carbocycles. The Labute approximate surface area is 108 Å². The van der Waals surface area contributed by atoms with Crippen LogP contribution in [-0.4, -0.2) is 40.5 Å². The maximum atomic E-state index is 4.67. The molecule has 0 spiro atoms. The zero-order chi connectivity index (χ0) is 12.5. The minimum Gasteiger partial charge on any atom is -0.316 e. The van der Waals surface area contributed by atoms with E-state index in [4.69, 9.17) is 0 Å². The van der Waals surface area contributed by atoms with Crippen LogP contribution >= 0.6 is 0 Å². The molecule has 3 rings (SSSR count). The quantitative estimate of drug-likeness (QED) is 0.886. The van der Waals surface area contributed by atoms with Crippen LogP contribution in [-0.2, 0) is 6.54 Å². The van der Waals surface area contributed by atoms with Crippen molar-refractivity contribution in [3.05, 3.63) is 35.8 Å². The molecular weight excluding hydrogens is 224 g/mol. The lowest BCUT2D eigenvalue weighted by atomic mass is 10.3. The van der Waals surface area contributed by atoms with Gasteiger partial charge in [-0.15, -0.1) is 0 Å². The minimum atomic E-state index is 0.643. The molecule has 0 saturated carbocycles. The number of aryl methyl sites for hydroxylation is 1. The van der Waals surface area contributed by atoms with E-state index >= 15 is 0 Å². The Bertz CT molecular complexity index is 546. The maximum absolute atomic E-state index is 4.67. The summed E-state index contributed by atoms with van der Waals surface area (Å²) in [5.74, 6) is 0.